The first-order valence-electron chi connectivity index (χ1n) is 4.22. The van der Waals surface area contributed by atoms with Gasteiger partial charge in [0.2, 0.25) is 0 Å². The average Bonchev–Trinajstić information content (AvgIpc) is 2.26. The molecule has 1 rings (SSSR count). The van der Waals surface area contributed by atoms with E-state index in [2.05, 4.69) is 6.58 Å². The van der Waals surface area contributed by atoms with Crippen molar-refractivity contribution in [2.45, 2.75) is 0 Å². The lowest BCUT2D eigenvalue weighted by atomic mass is 10.1. The van der Waals surface area contributed by atoms with E-state index in [1.54, 1.807) is 25.3 Å². The van der Waals surface area contributed by atoms with Gasteiger partial charge in [-0.15, -0.1) is 0 Å². The molecule has 0 aliphatic heterocycles. The Morgan fingerprint density at radius 1 is 1.29 bits per heavy atom. The molecule has 2 nitrogen and oxygen atoms in total. The molecule has 0 aliphatic rings. The van der Waals surface area contributed by atoms with Crippen molar-refractivity contribution in [1.82, 2.24) is 0 Å². The third kappa shape index (κ3) is 2.90. The number of aldehydes is 1. The van der Waals surface area contributed by atoms with E-state index in [1.807, 2.05) is 18.2 Å². The average molecular weight is 188 g/mol. The molecule has 0 unspecified atom stereocenters. The van der Waals surface area contributed by atoms with Crippen LogP contribution in [0, 0.1) is 0 Å². The minimum Gasteiger partial charge on any atom is -0.497 e. The van der Waals surface area contributed by atoms with Crippen LogP contribution in [0.1, 0.15) is 15.9 Å². The maximum Gasteiger partial charge on any atom is 0.150 e. The first-order valence-corrected chi connectivity index (χ1v) is 4.22. The number of allylic oxidation sites excluding steroid dienone is 1. The van der Waals surface area contributed by atoms with E-state index in [-0.39, 0.29) is 0 Å². The summed E-state index contributed by atoms with van der Waals surface area (Å²) in [4.78, 5) is 10.4. The lowest BCUT2D eigenvalue weighted by Crippen LogP contribution is -1.80. The number of hydrogen-bond acceptors (Lipinski definition) is 2. The number of carbonyl (C=O) groups excluding carboxylic acids is 1. The summed E-state index contributed by atoms with van der Waals surface area (Å²) in [5.74, 6) is 0.601. The van der Waals surface area contributed by atoms with Crippen molar-refractivity contribution in [2.24, 2.45) is 0 Å². The summed E-state index contributed by atoms with van der Waals surface area (Å²) in [7, 11) is 1.57. The molecule has 0 fully saturated rings. The Balaban J connectivity index is 2.73. The summed E-state index contributed by atoms with van der Waals surface area (Å²) in [5, 5.41) is 0. The number of methoxy groups -OCH3 is 1. The van der Waals surface area contributed by atoms with Gasteiger partial charge in [-0.2, -0.15) is 0 Å². The van der Waals surface area contributed by atoms with Crippen molar-refractivity contribution >= 4 is 12.4 Å². The normalized spacial score (nSPS) is 10.1. The molecule has 0 spiro atoms. The Kier molecular flexibility index (Phi) is 3.68. The second-order valence-electron chi connectivity index (χ2n) is 2.79. The number of hydrogen-bond donors (Lipinski definition) is 0. The Bertz CT molecular complexity index is 347. The minimum atomic E-state index is 0.601. The summed E-state index contributed by atoms with van der Waals surface area (Å²) in [5.41, 5.74) is 1.68. The molecular weight excluding hydrogens is 176 g/mol. The fourth-order valence-electron chi connectivity index (χ4n) is 0.943. The number of ether oxygens (including phenoxy) is 1. The van der Waals surface area contributed by atoms with Crippen LogP contribution in [0.15, 0.2) is 42.7 Å². The molecule has 0 saturated carbocycles. The molecule has 0 N–H and O–H groups in total. The van der Waals surface area contributed by atoms with E-state index in [1.165, 1.54) is 0 Å². The molecule has 1 aromatic carbocycles. The van der Waals surface area contributed by atoms with Crippen LogP contribution in [0.4, 0.5) is 0 Å². The lowest BCUT2D eigenvalue weighted by Gasteiger charge is -1.96. The van der Waals surface area contributed by atoms with E-state index < -0.39 is 0 Å². The van der Waals surface area contributed by atoms with Crippen LogP contribution in [0.5, 0.6) is 0 Å². The topological polar surface area (TPSA) is 26.3 Å². The second kappa shape index (κ2) is 5.02. The minimum absolute atomic E-state index is 0.601. The Labute approximate surface area is 83.5 Å². The van der Waals surface area contributed by atoms with Gasteiger partial charge in [-0.3, -0.25) is 4.79 Å². The molecule has 0 aromatic heterocycles. The van der Waals surface area contributed by atoms with Crippen LogP contribution in [-0.4, -0.2) is 13.4 Å². The van der Waals surface area contributed by atoms with Gasteiger partial charge in [0.15, 0.2) is 0 Å². The van der Waals surface area contributed by atoms with Crippen LogP contribution in [0.2, 0.25) is 0 Å². The first-order chi connectivity index (χ1) is 6.76. The summed E-state index contributed by atoms with van der Waals surface area (Å²) in [6.45, 7) is 3.66. The largest absolute Gasteiger partial charge is 0.497 e. The van der Waals surface area contributed by atoms with Gasteiger partial charge in [0, 0.05) is 5.56 Å². The third-order valence-corrected chi connectivity index (χ3v) is 1.80. The van der Waals surface area contributed by atoms with Crippen LogP contribution in [0.3, 0.4) is 0 Å². The van der Waals surface area contributed by atoms with Crippen LogP contribution in [0.25, 0.3) is 6.08 Å². The van der Waals surface area contributed by atoms with E-state index in [4.69, 9.17) is 4.74 Å². The Morgan fingerprint density at radius 2 is 1.86 bits per heavy atom. The Hall–Kier alpha value is -1.83. The fraction of sp³-hybridized carbons (Fsp3) is 0.0833. The molecular formula is C12H12O2. The highest BCUT2D eigenvalue weighted by Crippen LogP contribution is 2.06. The molecule has 0 heterocycles. The maximum absolute atomic E-state index is 10.4. The van der Waals surface area contributed by atoms with Gasteiger partial charge in [0.25, 0.3) is 0 Å². The molecule has 0 atom stereocenters. The van der Waals surface area contributed by atoms with Crippen molar-refractivity contribution in [3.8, 4) is 0 Å². The number of carbonyl (C=O) groups is 1. The monoisotopic (exact) mass is 188 g/mol. The molecule has 0 amide bonds. The zero-order chi connectivity index (χ0) is 10.4. The van der Waals surface area contributed by atoms with Gasteiger partial charge in [-0.05, 0) is 11.6 Å². The fourth-order valence-corrected chi connectivity index (χ4v) is 0.943. The number of benzene rings is 1. The second-order valence-corrected chi connectivity index (χ2v) is 2.79. The van der Waals surface area contributed by atoms with E-state index in [0.29, 0.717) is 11.3 Å². The van der Waals surface area contributed by atoms with Gasteiger partial charge in [0.1, 0.15) is 12.0 Å². The van der Waals surface area contributed by atoms with Crippen LogP contribution >= 0.6 is 0 Å². The third-order valence-electron chi connectivity index (χ3n) is 1.80. The maximum atomic E-state index is 10.4. The van der Waals surface area contributed by atoms with Crippen LogP contribution in [-0.2, 0) is 4.74 Å². The zero-order valence-electron chi connectivity index (χ0n) is 8.07. The molecule has 0 bridgehead atoms. The summed E-state index contributed by atoms with van der Waals surface area (Å²) in [6, 6.07) is 7.26. The van der Waals surface area contributed by atoms with Crippen molar-refractivity contribution in [3.63, 3.8) is 0 Å². The molecule has 72 valence electrons. The lowest BCUT2D eigenvalue weighted by molar-refractivity contribution is 0.112. The molecule has 14 heavy (non-hydrogen) atoms. The van der Waals surface area contributed by atoms with Gasteiger partial charge in [-0.1, -0.05) is 36.9 Å². The summed E-state index contributed by atoms with van der Waals surface area (Å²) < 4.78 is 4.88. The highest BCUT2D eigenvalue weighted by Gasteiger charge is 1.89. The Morgan fingerprint density at radius 3 is 2.36 bits per heavy atom. The predicted octanol–water partition coefficient (Wildman–Crippen LogP) is 2.67. The SMILES string of the molecule is C=C(/C=C/c1ccc(C=O)cc1)OC. The first kappa shape index (κ1) is 10.3. The highest BCUT2D eigenvalue weighted by molar-refractivity contribution is 5.75. The van der Waals surface area contributed by atoms with Gasteiger partial charge in [0.05, 0.1) is 7.11 Å². The van der Waals surface area contributed by atoms with Crippen molar-refractivity contribution in [1.29, 1.82) is 0 Å². The smallest absolute Gasteiger partial charge is 0.150 e. The van der Waals surface area contributed by atoms with Gasteiger partial charge in [-0.25, -0.2) is 0 Å². The molecule has 2 heteroatoms. The van der Waals surface area contributed by atoms with Crippen molar-refractivity contribution in [3.05, 3.63) is 53.8 Å². The van der Waals surface area contributed by atoms with E-state index >= 15 is 0 Å². The van der Waals surface area contributed by atoms with Crippen LogP contribution < -0.4 is 0 Å². The molecule has 0 saturated heterocycles. The van der Waals surface area contributed by atoms with Crippen molar-refractivity contribution < 1.29 is 9.53 Å². The number of rotatable bonds is 4. The van der Waals surface area contributed by atoms with E-state index in [9.17, 15) is 4.79 Å². The van der Waals surface area contributed by atoms with Gasteiger partial charge < -0.3 is 4.74 Å². The molecule has 0 aliphatic carbocycles. The zero-order valence-corrected chi connectivity index (χ0v) is 8.07. The van der Waals surface area contributed by atoms with Crippen molar-refractivity contribution in [2.75, 3.05) is 7.11 Å². The standard InChI is InChI=1S/C12H12O2/c1-10(14-2)3-4-11-5-7-12(9-13)8-6-11/h3-9H,1H2,2H3/b4-3+. The molecule has 0 radical (unpaired) electrons. The van der Waals surface area contributed by atoms with E-state index in [0.717, 1.165) is 11.8 Å². The summed E-state index contributed by atoms with van der Waals surface area (Å²) in [6.07, 6.45) is 4.47. The molecule has 1 aromatic rings. The predicted molar refractivity (Wildman–Crippen MR) is 57.0 cm³/mol. The highest BCUT2D eigenvalue weighted by atomic mass is 16.5. The summed E-state index contributed by atoms with van der Waals surface area (Å²) >= 11 is 0. The quantitative estimate of drug-likeness (QED) is 0.412. The van der Waals surface area contributed by atoms with Gasteiger partial charge >= 0.3 is 0 Å².